The van der Waals surface area contributed by atoms with E-state index >= 15 is 0 Å². The summed E-state index contributed by atoms with van der Waals surface area (Å²) in [6.07, 6.45) is 4.30. The second-order valence-electron chi connectivity index (χ2n) is 1.71. The van der Waals surface area contributed by atoms with Gasteiger partial charge in [-0.1, -0.05) is 0 Å². The van der Waals surface area contributed by atoms with Crippen molar-refractivity contribution in [2.45, 2.75) is 29.9 Å². The molecule has 0 unspecified atom stereocenters. The fourth-order valence-electron chi connectivity index (χ4n) is 0.500. The van der Waals surface area contributed by atoms with Gasteiger partial charge in [0.2, 0.25) is 0 Å². The first-order chi connectivity index (χ1) is 2.91. The second kappa shape index (κ2) is 10.3. The van der Waals surface area contributed by atoms with Crippen molar-refractivity contribution in [1.82, 2.24) is 0 Å². The molecular weight excluding hydrogens is 118 g/mol. The molecule has 2 heteroatoms. The fraction of sp³-hybridized carbons (Fsp3) is 1.00. The molecule has 0 N–H and O–H groups in total. The van der Waals surface area contributed by atoms with Crippen LogP contribution in [0.15, 0.2) is 0 Å². The predicted octanol–water partition coefficient (Wildman–Crippen LogP) is 2.19. The van der Waals surface area contributed by atoms with Crippen LogP contribution in [0.3, 0.4) is 0 Å². The number of hydrogen-bond acceptors (Lipinski definition) is 0. The SMILES string of the molecule is CCCC[CH2][Na].Cl. The summed E-state index contributed by atoms with van der Waals surface area (Å²) in [5, 5.41) is 0. The van der Waals surface area contributed by atoms with E-state index in [9.17, 15) is 0 Å². The minimum absolute atomic E-state index is 0. The van der Waals surface area contributed by atoms with Gasteiger partial charge in [-0.2, -0.15) is 0 Å². The van der Waals surface area contributed by atoms with Crippen LogP contribution in [0.4, 0.5) is 0 Å². The van der Waals surface area contributed by atoms with E-state index in [1.165, 1.54) is 50.9 Å². The van der Waals surface area contributed by atoms with Gasteiger partial charge in [-0.15, -0.1) is 12.4 Å². The fourth-order valence-corrected chi connectivity index (χ4v) is 1.000. The van der Waals surface area contributed by atoms with Crippen LogP contribution in [0.25, 0.3) is 0 Å². The van der Waals surface area contributed by atoms with Crippen molar-refractivity contribution in [3.8, 4) is 0 Å². The van der Waals surface area contributed by atoms with Crippen molar-refractivity contribution in [2.24, 2.45) is 0 Å². The van der Waals surface area contributed by atoms with Gasteiger partial charge in [0.25, 0.3) is 0 Å². The largest absolute Gasteiger partial charge is 0.147 e. The average molecular weight is 131 g/mol. The smallest absolute Gasteiger partial charge is 0.147 e. The monoisotopic (exact) mass is 130 g/mol. The standard InChI is InChI=1S/C5H11.ClH.Na/c1-3-5-4-2;;/h1,3-5H2,2H3;1H;. The Morgan fingerprint density at radius 2 is 1.86 bits per heavy atom. The van der Waals surface area contributed by atoms with Crippen LogP contribution >= 0.6 is 12.4 Å². The summed E-state index contributed by atoms with van der Waals surface area (Å²) in [6.45, 7) is 2.25. The maximum absolute atomic E-state index is 2.25. The van der Waals surface area contributed by atoms with Gasteiger partial charge in [0, 0.05) is 0 Å². The molecule has 0 saturated carbocycles. The predicted molar refractivity (Wildman–Crippen MR) is 37.3 cm³/mol. The average Bonchev–Trinajstić information content (AvgIpc) is 1.61. The van der Waals surface area contributed by atoms with Gasteiger partial charge in [0.1, 0.15) is 0 Å². The van der Waals surface area contributed by atoms with Crippen molar-refractivity contribution >= 4 is 40.3 Å². The molecule has 0 heterocycles. The topological polar surface area (TPSA) is 0 Å². The molecule has 0 aliphatic carbocycles. The Bertz CT molecular complexity index is 20.0. The van der Waals surface area contributed by atoms with Crippen LogP contribution in [-0.4, -0.2) is 27.9 Å². The molecule has 0 fully saturated rings. The van der Waals surface area contributed by atoms with Crippen molar-refractivity contribution < 1.29 is 0 Å². The van der Waals surface area contributed by atoms with Crippen LogP contribution in [0.5, 0.6) is 0 Å². The number of halogens is 1. The third-order valence-corrected chi connectivity index (χ3v) is 1.66. The molecule has 0 aliphatic rings. The molecule has 0 saturated heterocycles. The molecule has 0 aliphatic heterocycles. The zero-order chi connectivity index (χ0) is 4.83. The zero-order valence-electron chi connectivity index (χ0n) is 5.24. The third-order valence-electron chi connectivity index (χ3n) is 0.957. The molecule has 0 aromatic heterocycles. The van der Waals surface area contributed by atoms with Crippen LogP contribution in [0.1, 0.15) is 26.2 Å². The van der Waals surface area contributed by atoms with E-state index in [-0.39, 0.29) is 12.4 Å². The summed E-state index contributed by atoms with van der Waals surface area (Å²) >= 11 is 1.40. The molecule has 0 bridgehead atoms. The first-order valence-electron chi connectivity index (χ1n) is 2.91. The Morgan fingerprint density at radius 1 is 1.29 bits per heavy atom. The molecule has 0 spiro atoms. The Kier molecular flexibility index (Phi) is 16.4. The molecule has 0 aromatic carbocycles. The van der Waals surface area contributed by atoms with E-state index in [0.717, 1.165) is 0 Å². The van der Waals surface area contributed by atoms with Crippen molar-refractivity contribution in [1.29, 1.82) is 0 Å². The first kappa shape index (κ1) is 11.1. The molecule has 0 rings (SSSR count). The zero-order valence-corrected chi connectivity index (χ0v) is 8.05. The summed E-state index contributed by atoms with van der Waals surface area (Å²) in [5.74, 6) is 0. The Labute approximate surface area is 69.9 Å². The minimum atomic E-state index is 0. The van der Waals surface area contributed by atoms with Gasteiger partial charge < -0.3 is 0 Å². The molecule has 0 nitrogen and oxygen atoms in total. The van der Waals surface area contributed by atoms with Crippen LogP contribution in [0, 0.1) is 0 Å². The van der Waals surface area contributed by atoms with Crippen LogP contribution in [-0.2, 0) is 0 Å². The number of hydrogen-bond donors (Lipinski definition) is 0. The van der Waals surface area contributed by atoms with Crippen LogP contribution < -0.4 is 0 Å². The Balaban J connectivity index is 0. The van der Waals surface area contributed by atoms with Gasteiger partial charge in [0.15, 0.2) is 0 Å². The van der Waals surface area contributed by atoms with Gasteiger partial charge >= 0.3 is 57.8 Å². The van der Waals surface area contributed by atoms with Crippen molar-refractivity contribution in [2.75, 3.05) is 0 Å². The molecule has 0 radical (unpaired) electrons. The molecule has 0 amide bonds. The molecule has 0 aromatic rings. The van der Waals surface area contributed by atoms with Crippen LogP contribution in [0.2, 0.25) is 3.67 Å². The normalized spacial score (nSPS) is 7.86. The maximum atomic E-state index is 2.25. The first-order valence-corrected chi connectivity index (χ1v) is 4.33. The van der Waals surface area contributed by atoms with Gasteiger partial charge in [-0.3, -0.25) is 0 Å². The maximum Gasteiger partial charge on any atom is -0.147 e. The minimum Gasteiger partial charge on any atom is -0.147 e. The van der Waals surface area contributed by atoms with Gasteiger partial charge in [-0.05, 0) is 0 Å². The molecule has 7 heavy (non-hydrogen) atoms. The van der Waals surface area contributed by atoms with E-state index in [1.54, 1.807) is 0 Å². The third kappa shape index (κ3) is 11.1. The summed E-state index contributed by atoms with van der Waals surface area (Å²) < 4.78 is 1.49. The van der Waals surface area contributed by atoms with E-state index in [1.807, 2.05) is 0 Å². The van der Waals surface area contributed by atoms with E-state index < -0.39 is 0 Å². The number of rotatable bonds is 3. The summed E-state index contributed by atoms with van der Waals surface area (Å²) in [4.78, 5) is 0. The quantitative estimate of drug-likeness (QED) is 0.406. The number of unbranched alkanes of at least 4 members (excludes halogenated alkanes) is 2. The van der Waals surface area contributed by atoms with Gasteiger partial charge in [-0.25, -0.2) is 0 Å². The van der Waals surface area contributed by atoms with Crippen molar-refractivity contribution in [3.63, 3.8) is 0 Å². The Morgan fingerprint density at radius 3 is 2.00 bits per heavy atom. The molecule has 40 valence electrons. The molecule has 0 atom stereocenters. The summed E-state index contributed by atoms with van der Waals surface area (Å²) in [6, 6.07) is 0. The second-order valence-corrected chi connectivity index (χ2v) is 2.71. The van der Waals surface area contributed by atoms with E-state index in [0.29, 0.717) is 0 Å². The van der Waals surface area contributed by atoms with Crippen molar-refractivity contribution in [3.05, 3.63) is 0 Å². The summed E-state index contributed by atoms with van der Waals surface area (Å²) in [7, 11) is 0. The summed E-state index contributed by atoms with van der Waals surface area (Å²) in [5.41, 5.74) is 0. The van der Waals surface area contributed by atoms with E-state index in [4.69, 9.17) is 0 Å². The molecular formula is C5H12ClNa. The van der Waals surface area contributed by atoms with Gasteiger partial charge in [0.05, 0.1) is 0 Å². The Hall–Kier alpha value is 1.29. The van der Waals surface area contributed by atoms with E-state index in [2.05, 4.69) is 6.92 Å².